The van der Waals surface area contributed by atoms with E-state index in [1.807, 2.05) is 6.07 Å². The Morgan fingerprint density at radius 1 is 1.20 bits per heavy atom. The first kappa shape index (κ1) is 16.7. The number of rotatable bonds is 7. The molecule has 20 heavy (non-hydrogen) atoms. The average molecular weight is 280 g/mol. The van der Waals surface area contributed by atoms with Crippen LogP contribution in [0.2, 0.25) is 0 Å². The maximum Gasteiger partial charge on any atom is 0.138 e. The van der Waals surface area contributed by atoms with Crippen molar-refractivity contribution in [2.45, 2.75) is 46.5 Å². The van der Waals surface area contributed by atoms with Crippen LogP contribution >= 0.6 is 0 Å². The van der Waals surface area contributed by atoms with Crippen LogP contribution in [-0.4, -0.2) is 34.8 Å². The quantitative estimate of drug-likeness (QED) is 0.716. The first-order valence-electron chi connectivity index (χ1n) is 7.35. The van der Waals surface area contributed by atoms with E-state index in [1.54, 1.807) is 0 Å². The van der Waals surface area contributed by atoms with E-state index in [4.69, 9.17) is 5.11 Å². The summed E-state index contributed by atoms with van der Waals surface area (Å²) in [5, 5.41) is 15.5. The molecule has 1 unspecified atom stereocenters. The van der Waals surface area contributed by atoms with E-state index < -0.39 is 0 Å². The summed E-state index contributed by atoms with van der Waals surface area (Å²) >= 11 is 0. The predicted molar refractivity (Wildman–Crippen MR) is 84.3 cm³/mol. The van der Waals surface area contributed by atoms with Gasteiger partial charge >= 0.3 is 0 Å². The van der Waals surface area contributed by atoms with Crippen molar-refractivity contribution in [3.8, 4) is 0 Å². The van der Waals surface area contributed by atoms with Crippen LogP contribution in [-0.2, 0) is 5.41 Å². The molecular formula is C15H28N4O. The molecule has 0 radical (unpaired) electrons. The Hall–Kier alpha value is -1.36. The van der Waals surface area contributed by atoms with E-state index >= 15 is 0 Å². The van der Waals surface area contributed by atoms with Gasteiger partial charge in [-0.05, 0) is 19.3 Å². The molecule has 0 saturated carbocycles. The highest BCUT2D eigenvalue weighted by Gasteiger charge is 2.19. The van der Waals surface area contributed by atoms with Gasteiger partial charge in [-0.25, -0.2) is 9.97 Å². The number of nitrogens with zero attached hydrogens (tertiary/aromatic N) is 2. The second-order valence-electron chi connectivity index (χ2n) is 6.24. The summed E-state index contributed by atoms with van der Waals surface area (Å²) in [6.45, 7) is 12.3. The SMILES string of the molecule is CCNc1cc(NCC(C)CCO)nc(C(C)(C)C)n1. The van der Waals surface area contributed by atoms with Crippen LogP contribution in [0.4, 0.5) is 11.6 Å². The molecule has 3 N–H and O–H groups in total. The highest BCUT2D eigenvalue weighted by molar-refractivity contribution is 5.48. The third kappa shape index (κ3) is 5.33. The first-order valence-corrected chi connectivity index (χ1v) is 7.35. The molecule has 0 fully saturated rings. The molecule has 1 heterocycles. The fourth-order valence-electron chi connectivity index (χ4n) is 1.75. The van der Waals surface area contributed by atoms with Crippen molar-refractivity contribution in [1.29, 1.82) is 0 Å². The number of aliphatic hydroxyl groups is 1. The van der Waals surface area contributed by atoms with Gasteiger partial charge in [-0.15, -0.1) is 0 Å². The van der Waals surface area contributed by atoms with E-state index in [0.717, 1.165) is 37.0 Å². The molecule has 0 spiro atoms. The van der Waals surface area contributed by atoms with E-state index in [0.29, 0.717) is 5.92 Å². The summed E-state index contributed by atoms with van der Waals surface area (Å²) in [5.41, 5.74) is -0.0847. The standard InChI is InChI=1S/C15H28N4O/c1-6-16-12-9-13(17-10-11(2)7-8-20)19-14(18-12)15(3,4)5/h9,11,20H,6-8,10H2,1-5H3,(H2,16,17,18,19). The molecule has 0 saturated heterocycles. The molecule has 1 rings (SSSR count). The van der Waals surface area contributed by atoms with Gasteiger partial charge in [0, 0.05) is 31.2 Å². The number of aromatic nitrogens is 2. The van der Waals surface area contributed by atoms with Crippen molar-refractivity contribution in [3.63, 3.8) is 0 Å². The van der Waals surface area contributed by atoms with Crippen molar-refractivity contribution in [2.24, 2.45) is 5.92 Å². The molecule has 5 heteroatoms. The topological polar surface area (TPSA) is 70.1 Å². The van der Waals surface area contributed by atoms with Crippen LogP contribution in [0.25, 0.3) is 0 Å². The van der Waals surface area contributed by atoms with Gasteiger partial charge in [-0.3, -0.25) is 0 Å². The smallest absolute Gasteiger partial charge is 0.138 e. The molecule has 1 atom stereocenters. The average Bonchev–Trinajstić information content (AvgIpc) is 2.36. The number of anilines is 2. The highest BCUT2D eigenvalue weighted by Crippen LogP contribution is 2.22. The number of hydrogen-bond acceptors (Lipinski definition) is 5. The fourth-order valence-corrected chi connectivity index (χ4v) is 1.75. The molecule has 0 aromatic carbocycles. The lowest BCUT2D eigenvalue weighted by molar-refractivity contribution is 0.266. The van der Waals surface area contributed by atoms with Crippen LogP contribution < -0.4 is 10.6 Å². The Morgan fingerprint density at radius 2 is 1.80 bits per heavy atom. The van der Waals surface area contributed by atoms with E-state index in [-0.39, 0.29) is 12.0 Å². The van der Waals surface area contributed by atoms with Crippen LogP contribution in [0.5, 0.6) is 0 Å². The molecule has 0 aliphatic carbocycles. The molecule has 1 aromatic rings. The Bertz CT molecular complexity index is 415. The van der Waals surface area contributed by atoms with Gasteiger partial charge in [0.2, 0.25) is 0 Å². The number of hydrogen-bond donors (Lipinski definition) is 3. The molecule has 114 valence electrons. The molecule has 0 aliphatic heterocycles. The fraction of sp³-hybridized carbons (Fsp3) is 0.733. The van der Waals surface area contributed by atoms with Crippen molar-refractivity contribution < 1.29 is 5.11 Å². The Labute approximate surface area is 122 Å². The number of aliphatic hydroxyl groups excluding tert-OH is 1. The third-order valence-electron chi connectivity index (χ3n) is 3.01. The first-order chi connectivity index (χ1) is 9.36. The zero-order valence-corrected chi connectivity index (χ0v) is 13.3. The minimum Gasteiger partial charge on any atom is -0.396 e. The maximum atomic E-state index is 8.94. The summed E-state index contributed by atoms with van der Waals surface area (Å²) in [5.74, 6) is 2.93. The van der Waals surface area contributed by atoms with Gasteiger partial charge in [0.25, 0.3) is 0 Å². The van der Waals surface area contributed by atoms with Gasteiger partial charge in [0.15, 0.2) is 0 Å². The molecular weight excluding hydrogens is 252 g/mol. The predicted octanol–water partition coefficient (Wildman–Crippen LogP) is 2.64. The second kappa shape index (κ2) is 7.43. The van der Waals surface area contributed by atoms with Gasteiger partial charge in [0.1, 0.15) is 17.5 Å². The van der Waals surface area contributed by atoms with E-state index in [9.17, 15) is 0 Å². The van der Waals surface area contributed by atoms with Crippen LogP contribution in [0, 0.1) is 5.92 Å². The lowest BCUT2D eigenvalue weighted by Crippen LogP contribution is -2.20. The Balaban J connectivity index is 2.86. The lowest BCUT2D eigenvalue weighted by Gasteiger charge is -2.20. The summed E-state index contributed by atoms with van der Waals surface area (Å²) in [6.07, 6.45) is 0.796. The lowest BCUT2D eigenvalue weighted by atomic mass is 9.96. The largest absolute Gasteiger partial charge is 0.396 e. The molecule has 0 bridgehead atoms. The van der Waals surface area contributed by atoms with Crippen LogP contribution in [0.3, 0.4) is 0 Å². The zero-order valence-electron chi connectivity index (χ0n) is 13.3. The minimum atomic E-state index is -0.0847. The number of nitrogens with one attached hydrogen (secondary N) is 2. The Morgan fingerprint density at radius 3 is 2.30 bits per heavy atom. The summed E-state index contributed by atoms with van der Waals surface area (Å²) in [6, 6.07) is 1.93. The summed E-state index contributed by atoms with van der Waals surface area (Å²) < 4.78 is 0. The second-order valence-corrected chi connectivity index (χ2v) is 6.24. The van der Waals surface area contributed by atoms with Crippen LogP contribution in [0.1, 0.15) is 46.9 Å². The van der Waals surface area contributed by atoms with Crippen molar-refractivity contribution in [2.75, 3.05) is 30.3 Å². The Kier molecular flexibility index (Phi) is 6.20. The zero-order chi connectivity index (χ0) is 15.2. The molecule has 1 aromatic heterocycles. The minimum absolute atomic E-state index is 0.0847. The van der Waals surface area contributed by atoms with Gasteiger partial charge in [0.05, 0.1) is 0 Å². The van der Waals surface area contributed by atoms with Crippen molar-refractivity contribution in [3.05, 3.63) is 11.9 Å². The van der Waals surface area contributed by atoms with Crippen molar-refractivity contribution >= 4 is 11.6 Å². The van der Waals surface area contributed by atoms with E-state index in [1.165, 1.54) is 0 Å². The van der Waals surface area contributed by atoms with Crippen LogP contribution in [0.15, 0.2) is 6.07 Å². The highest BCUT2D eigenvalue weighted by atomic mass is 16.3. The van der Waals surface area contributed by atoms with E-state index in [2.05, 4.69) is 55.2 Å². The maximum absolute atomic E-state index is 8.94. The van der Waals surface area contributed by atoms with Gasteiger partial charge in [-0.2, -0.15) is 0 Å². The van der Waals surface area contributed by atoms with Gasteiger partial charge in [-0.1, -0.05) is 27.7 Å². The normalized spacial score (nSPS) is 13.1. The molecule has 5 nitrogen and oxygen atoms in total. The van der Waals surface area contributed by atoms with Gasteiger partial charge < -0.3 is 15.7 Å². The molecule has 0 aliphatic rings. The summed E-state index contributed by atoms with van der Waals surface area (Å²) in [4.78, 5) is 9.15. The monoisotopic (exact) mass is 280 g/mol. The molecule has 0 amide bonds. The third-order valence-corrected chi connectivity index (χ3v) is 3.01. The van der Waals surface area contributed by atoms with Crippen molar-refractivity contribution in [1.82, 2.24) is 9.97 Å². The summed E-state index contributed by atoms with van der Waals surface area (Å²) in [7, 11) is 0.